The van der Waals surface area contributed by atoms with Gasteiger partial charge in [0, 0.05) is 38.1 Å². The third kappa shape index (κ3) is 3.19. The predicted molar refractivity (Wildman–Crippen MR) is 106 cm³/mol. The first-order valence-electron chi connectivity index (χ1n) is 9.23. The maximum absolute atomic E-state index is 4.50. The topological polar surface area (TPSA) is 61.8 Å². The van der Waals surface area contributed by atoms with E-state index in [9.17, 15) is 0 Å². The molecule has 1 fully saturated rings. The molecule has 1 saturated heterocycles. The highest BCUT2D eigenvalue weighted by Gasteiger charge is 2.21. The van der Waals surface area contributed by atoms with E-state index in [0.717, 1.165) is 37.3 Å². The number of benzene rings is 1. The number of rotatable bonds is 4. The number of aryl methyl sites for hydroxylation is 2. The summed E-state index contributed by atoms with van der Waals surface area (Å²) in [5.41, 5.74) is 7.02. The predicted octanol–water partition coefficient (Wildman–Crippen LogP) is 3.51. The third-order valence-corrected chi connectivity index (χ3v) is 5.40. The summed E-state index contributed by atoms with van der Waals surface area (Å²) in [5, 5.41) is 15.3. The Bertz CT molecular complexity index is 855. The molecule has 0 atom stereocenters. The van der Waals surface area contributed by atoms with Crippen LogP contribution in [-0.4, -0.2) is 39.1 Å². The van der Waals surface area contributed by atoms with Gasteiger partial charge in [0.25, 0.3) is 0 Å². The number of nitrogens with one attached hydrogen (secondary N) is 2. The summed E-state index contributed by atoms with van der Waals surface area (Å²) < 4.78 is 1.95. The lowest BCUT2D eigenvalue weighted by Gasteiger charge is -2.34. The molecule has 4 rings (SSSR count). The van der Waals surface area contributed by atoms with Crippen LogP contribution in [0.1, 0.15) is 24.2 Å². The van der Waals surface area contributed by atoms with E-state index in [1.807, 2.05) is 17.8 Å². The first-order valence-corrected chi connectivity index (χ1v) is 9.23. The minimum Gasteiger partial charge on any atom is -0.379 e. The molecule has 136 valence electrons. The molecule has 26 heavy (non-hydrogen) atoms. The molecular formula is C20H26N6. The number of H-pyrrole nitrogens is 1. The van der Waals surface area contributed by atoms with Gasteiger partial charge in [-0.2, -0.15) is 10.2 Å². The number of aromatic nitrogens is 4. The van der Waals surface area contributed by atoms with Gasteiger partial charge in [0.15, 0.2) is 0 Å². The van der Waals surface area contributed by atoms with Crippen LogP contribution >= 0.6 is 0 Å². The Balaban J connectivity index is 1.37. The minimum absolute atomic E-state index is 0.511. The molecule has 0 amide bonds. The van der Waals surface area contributed by atoms with Gasteiger partial charge in [0.2, 0.25) is 0 Å². The van der Waals surface area contributed by atoms with Gasteiger partial charge in [-0.25, -0.2) is 0 Å². The van der Waals surface area contributed by atoms with Gasteiger partial charge in [-0.15, -0.1) is 0 Å². The van der Waals surface area contributed by atoms with E-state index < -0.39 is 0 Å². The molecule has 2 aromatic heterocycles. The zero-order valence-corrected chi connectivity index (χ0v) is 15.7. The van der Waals surface area contributed by atoms with Gasteiger partial charge >= 0.3 is 0 Å². The van der Waals surface area contributed by atoms with E-state index in [4.69, 9.17) is 0 Å². The summed E-state index contributed by atoms with van der Waals surface area (Å²) in [6.07, 6.45) is 4.05. The Morgan fingerprint density at radius 2 is 1.81 bits per heavy atom. The highest BCUT2D eigenvalue weighted by molar-refractivity contribution is 5.63. The maximum Gasteiger partial charge on any atom is 0.0827 e. The Kier molecular flexibility index (Phi) is 4.41. The van der Waals surface area contributed by atoms with Gasteiger partial charge in [0.1, 0.15) is 0 Å². The third-order valence-electron chi connectivity index (χ3n) is 5.40. The van der Waals surface area contributed by atoms with Crippen LogP contribution in [0, 0.1) is 13.8 Å². The number of nitrogens with zero attached hydrogens (tertiary/aromatic N) is 4. The normalized spacial score (nSPS) is 15.4. The van der Waals surface area contributed by atoms with Crippen molar-refractivity contribution in [1.82, 2.24) is 20.0 Å². The van der Waals surface area contributed by atoms with Crippen LogP contribution < -0.4 is 10.2 Å². The van der Waals surface area contributed by atoms with Crippen molar-refractivity contribution < 1.29 is 0 Å². The lowest BCUT2D eigenvalue weighted by Crippen LogP contribution is -2.39. The van der Waals surface area contributed by atoms with Crippen molar-refractivity contribution in [3.63, 3.8) is 0 Å². The van der Waals surface area contributed by atoms with Crippen molar-refractivity contribution in [3.05, 3.63) is 47.9 Å². The lowest BCUT2D eigenvalue weighted by molar-refractivity contribution is 0.526. The van der Waals surface area contributed by atoms with E-state index in [0.29, 0.717) is 6.04 Å². The first kappa shape index (κ1) is 16.7. The van der Waals surface area contributed by atoms with E-state index in [1.54, 1.807) is 6.20 Å². The molecular weight excluding hydrogens is 324 g/mol. The molecule has 1 aromatic carbocycles. The first-order chi connectivity index (χ1) is 12.6. The lowest BCUT2D eigenvalue weighted by atomic mass is 10.0. The van der Waals surface area contributed by atoms with Crippen LogP contribution in [0.2, 0.25) is 0 Å². The van der Waals surface area contributed by atoms with Crippen LogP contribution in [0.4, 0.5) is 11.4 Å². The van der Waals surface area contributed by atoms with Crippen molar-refractivity contribution in [1.29, 1.82) is 0 Å². The zero-order valence-electron chi connectivity index (χ0n) is 15.7. The average Bonchev–Trinajstić information content (AvgIpc) is 3.28. The summed E-state index contributed by atoms with van der Waals surface area (Å²) >= 11 is 0. The standard InChI is InChI=1S/C20H26N6/c1-14-20(15(2)25(3)24-14)22-17-9-12-26(13-10-17)18-6-4-16(5-7-18)19-8-11-21-23-19/h4-8,11,17,22H,9-10,12-13H2,1-3H3,(H,21,23). The van der Waals surface area contributed by atoms with Gasteiger partial charge < -0.3 is 10.2 Å². The summed E-state index contributed by atoms with van der Waals surface area (Å²) in [4.78, 5) is 2.47. The summed E-state index contributed by atoms with van der Waals surface area (Å²) in [7, 11) is 2.00. The molecule has 0 unspecified atom stereocenters. The molecule has 6 heteroatoms. The van der Waals surface area contributed by atoms with Gasteiger partial charge in [-0.3, -0.25) is 9.78 Å². The second-order valence-electron chi connectivity index (χ2n) is 7.09. The maximum atomic E-state index is 4.50. The smallest absolute Gasteiger partial charge is 0.0827 e. The van der Waals surface area contributed by atoms with Crippen LogP contribution in [0.15, 0.2) is 36.5 Å². The molecule has 3 heterocycles. The monoisotopic (exact) mass is 350 g/mol. The van der Waals surface area contributed by atoms with Gasteiger partial charge in [0.05, 0.1) is 22.8 Å². The fourth-order valence-corrected chi connectivity index (χ4v) is 3.74. The van der Waals surface area contributed by atoms with Crippen molar-refractivity contribution in [2.75, 3.05) is 23.3 Å². The van der Waals surface area contributed by atoms with Crippen LogP contribution in [0.25, 0.3) is 11.3 Å². The molecule has 0 bridgehead atoms. The average molecular weight is 350 g/mol. The second kappa shape index (κ2) is 6.86. The molecule has 0 saturated carbocycles. The number of anilines is 2. The molecule has 0 aliphatic carbocycles. The highest BCUT2D eigenvalue weighted by atomic mass is 15.3. The van der Waals surface area contributed by atoms with Crippen LogP contribution in [-0.2, 0) is 7.05 Å². The van der Waals surface area contributed by atoms with Crippen LogP contribution in [0.5, 0.6) is 0 Å². The molecule has 0 spiro atoms. The van der Waals surface area contributed by atoms with E-state index in [2.05, 4.69) is 63.6 Å². The highest BCUT2D eigenvalue weighted by Crippen LogP contribution is 2.26. The van der Waals surface area contributed by atoms with Crippen molar-refractivity contribution in [2.45, 2.75) is 32.7 Å². The SMILES string of the molecule is Cc1nn(C)c(C)c1NC1CCN(c2ccc(-c3ccn[nH]3)cc2)CC1. The Morgan fingerprint density at radius 1 is 1.08 bits per heavy atom. The number of hydrogen-bond acceptors (Lipinski definition) is 4. The molecule has 0 radical (unpaired) electrons. The van der Waals surface area contributed by atoms with E-state index >= 15 is 0 Å². The molecule has 6 nitrogen and oxygen atoms in total. The Labute approximate surface area is 154 Å². The largest absolute Gasteiger partial charge is 0.379 e. The summed E-state index contributed by atoms with van der Waals surface area (Å²) in [6, 6.07) is 11.2. The number of aromatic amines is 1. The quantitative estimate of drug-likeness (QED) is 0.756. The summed E-state index contributed by atoms with van der Waals surface area (Å²) in [5.74, 6) is 0. The molecule has 2 N–H and O–H groups in total. The summed E-state index contributed by atoms with van der Waals surface area (Å²) in [6.45, 7) is 6.34. The fraction of sp³-hybridized carbons (Fsp3) is 0.400. The second-order valence-corrected chi connectivity index (χ2v) is 7.09. The zero-order chi connectivity index (χ0) is 18.1. The van der Waals surface area contributed by atoms with Gasteiger partial charge in [-0.05, 0) is 50.5 Å². The van der Waals surface area contributed by atoms with Crippen molar-refractivity contribution >= 4 is 11.4 Å². The number of hydrogen-bond donors (Lipinski definition) is 2. The van der Waals surface area contributed by atoms with Crippen LogP contribution in [0.3, 0.4) is 0 Å². The fourth-order valence-electron chi connectivity index (χ4n) is 3.74. The van der Waals surface area contributed by atoms with E-state index in [1.165, 1.54) is 22.6 Å². The minimum atomic E-state index is 0.511. The number of piperidine rings is 1. The Hall–Kier alpha value is -2.76. The molecule has 1 aliphatic heterocycles. The van der Waals surface area contributed by atoms with E-state index in [-0.39, 0.29) is 0 Å². The van der Waals surface area contributed by atoms with Crippen molar-refractivity contribution in [3.8, 4) is 11.3 Å². The van der Waals surface area contributed by atoms with Gasteiger partial charge in [-0.1, -0.05) is 12.1 Å². The Morgan fingerprint density at radius 3 is 2.38 bits per heavy atom. The molecule has 1 aliphatic rings. The van der Waals surface area contributed by atoms with Crippen molar-refractivity contribution in [2.24, 2.45) is 7.05 Å². The molecule has 3 aromatic rings.